The summed E-state index contributed by atoms with van der Waals surface area (Å²) in [6.07, 6.45) is 0.232. The molecule has 2 aromatic carbocycles. The zero-order valence-corrected chi connectivity index (χ0v) is 11.7. The van der Waals surface area contributed by atoms with Crippen LogP contribution in [-0.4, -0.2) is 18.7 Å². The van der Waals surface area contributed by atoms with Crippen LogP contribution in [0.3, 0.4) is 0 Å². The monoisotopic (exact) mass is 275 g/mol. The Labute approximate surface area is 119 Å². The summed E-state index contributed by atoms with van der Waals surface area (Å²) >= 11 is 5.83. The number of rotatable bonds is 5. The Morgan fingerprint density at radius 1 is 1.05 bits per heavy atom. The van der Waals surface area contributed by atoms with E-state index in [1.165, 1.54) is 0 Å². The predicted octanol–water partition coefficient (Wildman–Crippen LogP) is 3.90. The van der Waals surface area contributed by atoms with Crippen LogP contribution in [0.1, 0.15) is 18.1 Å². The summed E-state index contributed by atoms with van der Waals surface area (Å²) in [7, 11) is 2.03. The highest BCUT2D eigenvalue weighted by atomic mass is 35.5. The van der Waals surface area contributed by atoms with Gasteiger partial charge in [0.15, 0.2) is 0 Å². The van der Waals surface area contributed by atoms with Gasteiger partial charge >= 0.3 is 0 Å². The van der Waals surface area contributed by atoms with Crippen LogP contribution in [0, 0.1) is 0 Å². The zero-order chi connectivity index (χ0) is 13.7. The molecule has 0 spiro atoms. The normalized spacial score (nSPS) is 12.2. The van der Waals surface area contributed by atoms with E-state index in [-0.39, 0.29) is 0 Å². The van der Waals surface area contributed by atoms with Gasteiger partial charge in [0.25, 0.3) is 0 Å². The van der Waals surface area contributed by atoms with Crippen molar-refractivity contribution in [2.75, 3.05) is 18.5 Å². The lowest BCUT2D eigenvalue weighted by molar-refractivity contribution is 0.170. The van der Waals surface area contributed by atoms with Crippen LogP contribution in [0.5, 0.6) is 0 Å². The largest absolute Gasteiger partial charge is 0.388 e. The Hall–Kier alpha value is -1.51. The molecule has 100 valence electrons. The smallest absolute Gasteiger partial charge is 0.0806 e. The van der Waals surface area contributed by atoms with Gasteiger partial charge in [0.05, 0.1) is 6.10 Å². The van der Waals surface area contributed by atoms with E-state index in [1.54, 1.807) is 12.1 Å². The molecule has 0 aliphatic carbocycles. The van der Waals surface area contributed by atoms with E-state index in [1.807, 2.05) is 37.4 Å². The first-order valence-corrected chi connectivity index (χ1v) is 6.74. The number of aliphatic hydroxyl groups is 1. The average molecular weight is 276 g/mol. The van der Waals surface area contributed by atoms with Crippen LogP contribution in [0.4, 0.5) is 5.69 Å². The highest BCUT2D eigenvalue weighted by molar-refractivity contribution is 6.30. The van der Waals surface area contributed by atoms with Crippen molar-refractivity contribution in [3.05, 3.63) is 65.2 Å². The fourth-order valence-corrected chi connectivity index (χ4v) is 2.11. The van der Waals surface area contributed by atoms with Gasteiger partial charge < -0.3 is 10.0 Å². The van der Waals surface area contributed by atoms with Crippen LogP contribution in [0.2, 0.25) is 5.02 Å². The molecule has 0 heterocycles. The maximum atomic E-state index is 10.1. The molecule has 3 heteroatoms. The van der Waals surface area contributed by atoms with Crippen molar-refractivity contribution in [2.45, 2.75) is 12.5 Å². The van der Waals surface area contributed by atoms with Gasteiger partial charge in [0, 0.05) is 24.3 Å². The summed E-state index contributed by atoms with van der Waals surface area (Å²) in [5.41, 5.74) is 2.07. The molecule has 2 aromatic rings. The molecule has 1 N–H and O–H groups in total. The second-order valence-electron chi connectivity index (χ2n) is 4.61. The number of nitrogens with zero attached hydrogens (tertiary/aromatic N) is 1. The minimum absolute atomic E-state index is 0.455. The topological polar surface area (TPSA) is 23.5 Å². The van der Waals surface area contributed by atoms with Gasteiger partial charge in [-0.1, -0.05) is 41.9 Å². The molecule has 0 amide bonds. The molecule has 0 saturated carbocycles. The second kappa shape index (κ2) is 6.60. The van der Waals surface area contributed by atoms with Crippen LogP contribution in [-0.2, 0) is 0 Å². The molecular weight excluding hydrogens is 258 g/mol. The third-order valence-corrected chi connectivity index (χ3v) is 3.44. The summed E-state index contributed by atoms with van der Waals surface area (Å²) in [6.45, 7) is 0.799. The van der Waals surface area contributed by atoms with Crippen molar-refractivity contribution >= 4 is 17.3 Å². The number of hydrogen-bond acceptors (Lipinski definition) is 2. The molecular formula is C16H18ClNO. The Balaban J connectivity index is 1.90. The number of para-hydroxylation sites is 1. The standard InChI is InChI=1S/C16H18ClNO/c1-18(15-5-3-2-4-6-15)12-11-16(19)13-7-9-14(17)10-8-13/h2-10,16,19H,11-12H2,1H3. The van der Waals surface area contributed by atoms with Crippen LogP contribution in [0.15, 0.2) is 54.6 Å². The minimum atomic E-state index is -0.455. The molecule has 19 heavy (non-hydrogen) atoms. The van der Waals surface area contributed by atoms with Gasteiger partial charge in [-0.2, -0.15) is 0 Å². The van der Waals surface area contributed by atoms with Crippen molar-refractivity contribution in [1.29, 1.82) is 0 Å². The van der Waals surface area contributed by atoms with E-state index in [9.17, 15) is 5.11 Å². The molecule has 2 rings (SSSR count). The number of aliphatic hydroxyl groups excluding tert-OH is 1. The Bertz CT molecular complexity index is 498. The highest BCUT2D eigenvalue weighted by Crippen LogP contribution is 2.20. The van der Waals surface area contributed by atoms with E-state index in [0.717, 1.165) is 17.8 Å². The highest BCUT2D eigenvalue weighted by Gasteiger charge is 2.09. The van der Waals surface area contributed by atoms with Gasteiger partial charge in [-0.15, -0.1) is 0 Å². The number of halogens is 1. The van der Waals surface area contributed by atoms with E-state index < -0.39 is 6.10 Å². The van der Waals surface area contributed by atoms with E-state index in [0.29, 0.717) is 11.4 Å². The van der Waals surface area contributed by atoms with Crippen LogP contribution in [0.25, 0.3) is 0 Å². The minimum Gasteiger partial charge on any atom is -0.388 e. The Morgan fingerprint density at radius 3 is 2.32 bits per heavy atom. The first-order valence-electron chi connectivity index (χ1n) is 6.36. The summed E-state index contributed by atoms with van der Waals surface area (Å²) in [5, 5.41) is 10.8. The van der Waals surface area contributed by atoms with Crippen molar-refractivity contribution < 1.29 is 5.11 Å². The van der Waals surface area contributed by atoms with Gasteiger partial charge in [0.1, 0.15) is 0 Å². The molecule has 0 saturated heterocycles. The van der Waals surface area contributed by atoms with Crippen LogP contribution >= 0.6 is 11.6 Å². The maximum Gasteiger partial charge on any atom is 0.0806 e. The van der Waals surface area contributed by atoms with Gasteiger partial charge in [0.2, 0.25) is 0 Å². The summed E-state index contributed by atoms with van der Waals surface area (Å²) in [6, 6.07) is 17.5. The fraction of sp³-hybridized carbons (Fsp3) is 0.250. The summed E-state index contributed by atoms with van der Waals surface area (Å²) in [4.78, 5) is 2.14. The average Bonchev–Trinajstić information content (AvgIpc) is 2.46. The van der Waals surface area contributed by atoms with Gasteiger partial charge in [-0.05, 0) is 36.2 Å². The third kappa shape index (κ3) is 3.98. The fourth-order valence-electron chi connectivity index (χ4n) is 1.98. The molecule has 0 aromatic heterocycles. The molecule has 1 unspecified atom stereocenters. The van der Waals surface area contributed by atoms with Crippen molar-refractivity contribution in [3.8, 4) is 0 Å². The van der Waals surface area contributed by atoms with E-state index >= 15 is 0 Å². The van der Waals surface area contributed by atoms with Crippen molar-refractivity contribution in [2.24, 2.45) is 0 Å². The molecule has 0 aliphatic heterocycles. The predicted molar refractivity (Wildman–Crippen MR) is 80.7 cm³/mol. The molecule has 0 radical (unpaired) electrons. The molecule has 1 atom stereocenters. The zero-order valence-electron chi connectivity index (χ0n) is 11.0. The lowest BCUT2D eigenvalue weighted by Crippen LogP contribution is -2.20. The Morgan fingerprint density at radius 2 is 1.68 bits per heavy atom. The molecule has 0 bridgehead atoms. The third-order valence-electron chi connectivity index (χ3n) is 3.19. The SMILES string of the molecule is CN(CCC(O)c1ccc(Cl)cc1)c1ccccc1. The maximum absolute atomic E-state index is 10.1. The number of hydrogen-bond donors (Lipinski definition) is 1. The molecule has 2 nitrogen and oxygen atoms in total. The summed E-state index contributed by atoms with van der Waals surface area (Å²) in [5.74, 6) is 0. The molecule has 0 aliphatic rings. The Kier molecular flexibility index (Phi) is 4.83. The van der Waals surface area contributed by atoms with Gasteiger partial charge in [-0.25, -0.2) is 0 Å². The molecule has 0 fully saturated rings. The van der Waals surface area contributed by atoms with E-state index in [2.05, 4.69) is 17.0 Å². The second-order valence-corrected chi connectivity index (χ2v) is 5.05. The van der Waals surface area contributed by atoms with Crippen molar-refractivity contribution in [3.63, 3.8) is 0 Å². The van der Waals surface area contributed by atoms with Crippen molar-refractivity contribution in [1.82, 2.24) is 0 Å². The lowest BCUT2D eigenvalue weighted by atomic mass is 10.1. The van der Waals surface area contributed by atoms with E-state index in [4.69, 9.17) is 11.6 Å². The van der Waals surface area contributed by atoms with Gasteiger partial charge in [-0.3, -0.25) is 0 Å². The quantitative estimate of drug-likeness (QED) is 0.895. The van der Waals surface area contributed by atoms with Crippen LogP contribution < -0.4 is 4.90 Å². The number of benzene rings is 2. The number of anilines is 1. The first-order chi connectivity index (χ1) is 9.16. The summed E-state index contributed by atoms with van der Waals surface area (Å²) < 4.78 is 0. The first kappa shape index (κ1) is 13.9. The lowest BCUT2D eigenvalue weighted by Gasteiger charge is -2.21.